The zero-order valence-corrected chi connectivity index (χ0v) is 17.0. The van der Waals surface area contributed by atoms with Gasteiger partial charge in [0.15, 0.2) is 0 Å². The van der Waals surface area contributed by atoms with E-state index < -0.39 is 6.04 Å². The summed E-state index contributed by atoms with van der Waals surface area (Å²) < 4.78 is 13.9. The lowest BCUT2D eigenvalue weighted by Gasteiger charge is -2.24. The molecule has 0 radical (unpaired) electrons. The maximum absolute atomic E-state index is 13.9. The van der Waals surface area contributed by atoms with Gasteiger partial charge in [0.2, 0.25) is 5.91 Å². The fourth-order valence-electron chi connectivity index (χ4n) is 3.27. The monoisotopic (exact) mass is 401 g/mol. The molecule has 5 heteroatoms. The Morgan fingerprint density at radius 3 is 2.43 bits per heavy atom. The molecule has 0 aliphatic carbocycles. The van der Waals surface area contributed by atoms with Crippen molar-refractivity contribution in [2.24, 2.45) is 0 Å². The molecule has 152 valence electrons. The van der Waals surface area contributed by atoms with Crippen molar-refractivity contribution >= 4 is 11.6 Å². The van der Waals surface area contributed by atoms with E-state index in [1.165, 1.54) is 17.7 Å². The number of nitrogens with zero attached hydrogens (tertiary/aromatic N) is 1. The van der Waals surface area contributed by atoms with E-state index >= 15 is 0 Å². The van der Waals surface area contributed by atoms with Gasteiger partial charge in [0.25, 0.3) is 0 Å². The van der Waals surface area contributed by atoms with Crippen LogP contribution in [0.2, 0.25) is 0 Å². The van der Waals surface area contributed by atoms with E-state index in [4.69, 9.17) is 0 Å². The summed E-state index contributed by atoms with van der Waals surface area (Å²) in [7, 11) is 0. The average molecular weight is 401 g/mol. The first kappa shape index (κ1) is 21.2. The molecular formula is C25H24FN3O. The number of carbonyl (C=O) groups is 1. The van der Waals surface area contributed by atoms with Crippen LogP contribution in [-0.2, 0) is 11.2 Å². The predicted molar refractivity (Wildman–Crippen MR) is 116 cm³/mol. The number of hydrogen-bond acceptors (Lipinski definition) is 3. The first-order valence-corrected chi connectivity index (χ1v) is 9.92. The molecule has 0 saturated heterocycles. The lowest BCUT2D eigenvalue weighted by atomic mass is 9.96. The van der Waals surface area contributed by atoms with E-state index in [0.717, 1.165) is 17.5 Å². The second-order valence-electron chi connectivity index (χ2n) is 7.12. The van der Waals surface area contributed by atoms with Gasteiger partial charge in [0, 0.05) is 0 Å². The van der Waals surface area contributed by atoms with Crippen molar-refractivity contribution in [1.82, 2.24) is 5.32 Å². The summed E-state index contributed by atoms with van der Waals surface area (Å²) >= 11 is 0. The number of nitriles is 1. The molecule has 0 aliphatic heterocycles. The van der Waals surface area contributed by atoms with Crippen molar-refractivity contribution < 1.29 is 9.18 Å². The quantitative estimate of drug-likeness (QED) is 0.588. The molecule has 3 aromatic carbocycles. The van der Waals surface area contributed by atoms with E-state index in [1.807, 2.05) is 30.3 Å². The minimum atomic E-state index is -0.587. The van der Waals surface area contributed by atoms with Crippen LogP contribution in [0.1, 0.15) is 42.1 Å². The second kappa shape index (κ2) is 9.82. The summed E-state index contributed by atoms with van der Waals surface area (Å²) in [6.45, 7) is 3.83. The third-order valence-electron chi connectivity index (χ3n) is 5.02. The van der Waals surface area contributed by atoms with Gasteiger partial charge in [0.1, 0.15) is 11.9 Å². The molecule has 0 heterocycles. The lowest BCUT2D eigenvalue weighted by Crippen LogP contribution is -2.40. The van der Waals surface area contributed by atoms with Crippen LogP contribution < -0.4 is 10.6 Å². The molecule has 2 atom stereocenters. The molecule has 0 unspecified atom stereocenters. The van der Waals surface area contributed by atoms with Crippen molar-refractivity contribution in [1.29, 1.82) is 5.26 Å². The van der Waals surface area contributed by atoms with Crippen molar-refractivity contribution in [3.63, 3.8) is 0 Å². The first-order chi connectivity index (χ1) is 14.5. The number of hydrogen-bond donors (Lipinski definition) is 2. The van der Waals surface area contributed by atoms with Crippen molar-refractivity contribution in [3.05, 3.63) is 101 Å². The highest BCUT2D eigenvalue weighted by atomic mass is 19.1. The van der Waals surface area contributed by atoms with Gasteiger partial charge in [-0.15, -0.1) is 0 Å². The molecule has 30 heavy (non-hydrogen) atoms. The minimum Gasteiger partial charge on any atom is -0.324 e. The largest absolute Gasteiger partial charge is 0.324 e. The Morgan fingerprint density at radius 2 is 1.77 bits per heavy atom. The smallest absolute Gasteiger partial charge is 0.241 e. The van der Waals surface area contributed by atoms with E-state index in [2.05, 4.69) is 23.6 Å². The highest BCUT2D eigenvalue weighted by Gasteiger charge is 2.22. The van der Waals surface area contributed by atoms with Crippen LogP contribution in [0.4, 0.5) is 10.1 Å². The summed E-state index contributed by atoms with van der Waals surface area (Å²) in [5.41, 5.74) is 3.74. The SMILES string of the molecule is CCc1ccc([C@@H](N[C@@H](C)C(=O)Nc2ccccc2C#N)c2cccc(F)c2)cc1. The van der Waals surface area contributed by atoms with Gasteiger partial charge in [0.05, 0.1) is 23.3 Å². The number of halogens is 1. The third-order valence-corrected chi connectivity index (χ3v) is 5.02. The molecular weight excluding hydrogens is 377 g/mol. The number of para-hydroxylation sites is 1. The molecule has 4 nitrogen and oxygen atoms in total. The number of carbonyl (C=O) groups excluding carboxylic acids is 1. The third kappa shape index (κ3) is 5.11. The summed E-state index contributed by atoms with van der Waals surface area (Å²) in [6, 6.07) is 22.4. The van der Waals surface area contributed by atoms with Crippen LogP contribution >= 0.6 is 0 Å². The highest BCUT2D eigenvalue weighted by Crippen LogP contribution is 2.24. The van der Waals surface area contributed by atoms with Crippen molar-refractivity contribution in [2.45, 2.75) is 32.4 Å². The fourth-order valence-corrected chi connectivity index (χ4v) is 3.27. The Hall–Kier alpha value is -3.49. The van der Waals surface area contributed by atoms with Gasteiger partial charge in [-0.25, -0.2) is 4.39 Å². The molecule has 3 aromatic rings. The maximum Gasteiger partial charge on any atom is 0.241 e. The Labute approximate surface area is 176 Å². The van der Waals surface area contributed by atoms with E-state index in [0.29, 0.717) is 11.3 Å². The van der Waals surface area contributed by atoms with Crippen molar-refractivity contribution in [3.8, 4) is 6.07 Å². The van der Waals surface area contributed by atoms with Gasteiger partial charge >= 0.3 is 0 Å². The average Bonchev–Trinajstić information content (AvgIpc) is 2.77. The summed E-state index contributed by atoms with van der Waals surface area (Å²) in [5.74, 6) is -0.603. The van der Waals surface area contributed by atoms with E-state index in [1.54, 1.807) is 37.3 Å². The molecule has 3 rings (SSSR count). The summed E-state index contributed by atoms with van der Waals surface area (Å²) in [6.07, 6.45) is 0.926. The minimum absolute atomic E-state index is 0.274. The van der Waals surface area contributed by atoms with Crippen LogP contribution in [-0.4, -0.2) is 11.9 Å². The Balaban J connectivity index is 1.84. The van der Waals surface area contributed by atoms with Gasteiger partial charge in [-0.1, -0.05) is 55.5 Å². The Morgan fingerprint density at radius 1 is 1.03 bits per heavy atom. The van der Waals surface area contributed by atoms with Crippen LogP contribution in [0.5, 0.6) is 0 Å². The fraction of sp³-hybridized carbons (Fsp3) is 0.200. The summed E-state index contributed by atoms with van der Waals surface area (Å²) in [4.78, 5) is 12.8. The number of rotatable bonds is 7. The van der Waals surface area contributed by atoms with Crippen LogP contribution in [0.3, 0.4) is 0 Å². The number of anilines is 1. The molecule has 1 amide bonds. The van der Waals surface area contributed by atoms with Gasteiger partial charge in [-0.2, -0.15) is 5.26 Å². The number of benzene rings is 3. The second-order valence-corrected chi connectivity index (χ2v) is 7.12. The van der Waals surface area contributed by atoms with Gasteiger partial charge < -0.3 is 5.32 Å². The standard InChI is InChI=1S/C25H24FN3O/c1-3-18-11-13-19(14-12-18)24(20-8-6-9-22(26)15-20)28-17(2)25(30)29-23-10-5-4-7-21(23)16-27/h4-15,17,24,28H,3H2,1-2H3,(H,29,30)/t17-,24+/m0/s1. The maximum atomic E-state index is 13.9. The van der Waals surface area contributed by atoms with E-state index in [9.17, 15) is 14.4 Å². The summed E-state index contributed by atoms with van der Waals surface area (Å²) in [5, 5.41) is 15.3. The lowest BCUT2D eigenvalue weighted by molar-refractivity contribution is -0.117. The number of aryl methyl sites for hydroxylation is 1. The molecule has 0 spiro atoms. The van der Waals surface area contributed by atoms with Gasteiger partial charge in [-0.05, 0) is 54.3 Å². The Kier molecular flexibility index (Phi) is 6.95. The first-order valence-electron chi connectivity index (χ1n) is 9.92. The Bertz CT molecular complexity index is 1060. The zero-order chi connectivity index (χ0) is 21.5. The highest BCUT2D eigenvalue weighted by molar-refractivity contribution is 5.95. The molecule has 0 saturated carbocycles. The van der Waals surface area contributed by atoms with Crippen LogP contribution in [0.15, 0.2) is 72.8 Å². The number of nitrogens with one attached hydrogen (secondary N) is 2. The molecule has 0 bridgehead atoms. The van der Waals surface area contributed by atoms with Crippen molar-refractivity contribution in [2.75, 3.05) is 5.32 Å². The van der Waals surface area contributed by atoms with E-state index in [-0.39, 0.29) is 17.8 Å². The predicted octanol–water partition coefficient (Wildman–Crippen LogP) is 4.97. The molecule has 0 aliphatic rings. The zero-order valence-electron chi connectivity index (χ0n) is 17.0. The topological polar surface area (TPSA) is 64.9 Å². The van der Waals surface area contributed by atoms with Crippen LogP contribution in [0, 0.1) is 17.1 Å². The molecule has 2 N–H and O–H groups in total. The van der Waals surface area contributed by atoms with Gasteiger partial charge in [-0.3, -0.25) is 10.1 Å². The molecule has 0 aromatic heterocycles. The molecule has 0 fully saturated rings. The normalized spacial score (nSPS) is 12.6. The van der Waals surface area contributed by atoms with Crippen LogP contribution in [0.25, 0.3) is 0 Å². The number of amides is 1.